The number of imide groups is 1. The number of benzene rings is 1. The van der Waals surface area contributed by atoms with Gasteiger partial charge in [-0.2, -0.15) is 0 Å². The zero-order valence-corrected chi connectivity index (χ0v) is 16.6. The number of nitrogens with zero attached hydrogens (tertiary/aromatic N) is 1. The third-order valence-electron chi connectivity index (χ3n) is 4.90. The molecule has 0 spiro atoms. The third-order valence-corrected chi connectivity index (χ3v) is 4.90. The predicted molar refractivity (Wildman–Crippen MR) is 104 cm³/mol. The van der Waals surface area contributed by atoms with Crippen molar-refractivity contribution >= 4 is 17.8 Å². The van der Waals surface area contributed by atoms with Crippen molar-refractivity contribution in [2.75, 3.05) is 20.3 Å². The largest absolute Gasteiger partial charge is 0.497 e. The molecule has 1 aliphatic rings. The predicted octanol–water partition coefficient (Wildman–Crippen LogP) is 1.07. The van der Waals surface area contributed by atoms with Crippen molar-refractivity contribution < 1.29 is 24.2 Å². The number of nitrogens with one attached hydrogen (secondary N) is 2. The van der Waals surface area contributed by atoms with E-state index in [4.69, 9.17) is 4.74 Å². The lowest BCUT2D eigenvalue weighted by Gasteiger charge is -2.20. The van der Waals surface area contributed by atoms with Crippen molar-refractivity contribution in [3.63, 3.8) is 0 Å². The minimum absolute atomic E-state index is 0.103. The van der Waals surface area contributed by atoms with E-state index in [0.717, 1.165) is 11.3 Å². The summed E-state index contributed by atoms with van der Waals surface area (Å²) >= 11 is 0. The Morgan fingerprint density at radius 1 is 1.29 bits per heavy atom. The topological polar surface area (TPSA) is 108 Å². The van der Waals surface area contributed by atoms with Crippen LogP contribution in [0.25, 0.3) is 0 Å². The average Bonchev–Trinajstić information content (AvgIpc) is 2.96. The molecule has 2 atom stereocenters. The van der Waals surface area contributed by atoms with Crippen LogP contribution in [0.2, 0.25) is 0 Å². The minimum Gasteiger partial charge on any atom is -0.497 e. The Morgan fingerprint density at radius 3 is 2.54 bits per heavy atom. The second-order valence-electron chi connectivity index (χ2n) is 7.23. The van der Waals surface area contributed by atoms with Crippen molar-refractivity contribution in [1.29, 1.82) is 0 Å². The van der Waals surface area contributed by atoms with Gasteiger partial charge in [-0.25, -0.2) is 4.79 Å². The number of carbonyl (C=O) groups is 3. The number of hydrogen-bond donors (Lipinski definition) is 3. The molecule has 1 aromatic carbocycles. The molecule has 1 aliphatic heterocycles. The Hall–Kier alpha value is -2.61. The average molecular weight is 391 g/mol. The molecular weight excluding hydrogens is 362 g/mol. The Labute approximate surface area is 165 Å². The first kappa shape index (κ1) is 21.7. The molecule has 0 aromatic heterocycles. The van der Waals surface area contributed by atoms with Gasteiger partial charge in [-0.1, -0.05) is 26.0 Å². The number of rotatable bonds is 10. The minimum atomic E-state index is -0.694. The van der Waals surface area contributed by atoms with Crippen LogP contribution in [0.5, 0.6) is 5.75 Å². The van der Waals surface area contributed by atoms with E-state index in [-0.39, 0.29) is 49.8 Å². The first-order chi connectivity index (χ1) is 13.3. The van der Waals surface area contributed by atoms with Gasteiger partial charge in [-0.05, 0) is 36.5 Å². The molecule has 4 amide bonds. The quantitative estimate of drug-likeness (QED) is 0.517. The van der Waals surface area contributed by atoms with Crippen LogP contribution in [0.15, 0.2) is 24.3 Å². The van der Waals surface area contributed by atoms with Crippen molar-refractivity contribution in [1.82, 2.24) is 15.5 Å². The summed E-state index contributed by atoms with van der Waals surface area (Å²) in [7, 11) is 1.59. The zero-order chi connectivity index (χ0) is 20.7. The van der Waals surface area contributed by atoms with Gasteiger partial charge in [0.1, 0.15) is 11.8 Å². The van der Waals surface area contributed by atoms with Gasteiger partial charge in [0.2, 0.25) is 5.91 Å². The van der Waals surface area contributed by atoms with E-state index in [2.05, 4.69) is 10.6 Å². The molecule has 1 fully saturated rings. The van der Waals surface area contributed by atoms with Crippen molar-refractivity contribution in [3.8, 4) is 5.75 Å². The monoisotopic (exact) mass is 391 g/mol. The van der Waals surface area contributed by atoms with Crippen molar-refractivity contribution in [2.45, 2.75) is 45.2 Å². The van der Waals surface area contributed by atoms with Crippen LogP contribution in [0.1, 0.15) is 32.3 Å². The van der Waals surface area contributed by atoms with E-state index in [1.165, 1.54) is 4.90 Å². The van der Waals surface area contributed by atoms with E-state index in [1.54, 1.807) is 7.11 Å². The summed E-state index contributed by atoms with van der Waals surface area (Å²) in [5.74, 6) is 0.300. The van der Waals surface area contributed by atoms with Gasteiger partial charge in [0, 0.05) is 13.0 Å². The van der Waals surface area contributed by atoms with Crippen LogP contribution in [0.4, 0.5) is 4.79 Å². The van der Waals surface area contributed by atoms with Crippen LogP contribution >= 0.6 is 0 Å². The highest BCUT2D eigenvalue weighted by atomic mass is 16.5. The summed E-state index contributed by atoms with van der Waals surface area (Å²) in [6, 6.07) is 6.01. The summed E-state index contributed by atoms with van der Waals surface area (Å²) in [6.45, 7) is 3.95. The lowest BCUT2D eigenvalue weighted by Crippen LogP contribution is -2.42. The molecule has 0 aliphatic carbocycles. The number of carbonyl (C=O) groups excluding carboxylic acids is 3. The van der Waals surface area contributed by atoms with Gasteiger partial charge in [-0.15, -0.1) is 0 Å². The molecule has 154 valence electrons. The lowest BCUT2D eigenvalue weighted by atomic mass is 10.0. The van der Waals surface area contributed by atoms with E-state index in [0.29, 0.717) is 6.42 Å². The number of ether oxygens (including phenoxy) is 1. The van der Waals surface area contributed by atoms with Crippen LogP contribution in [-0.4, -0.2) is 60.2 Å². The smallest absolute Gasteiger partial charge is 0.324 e. The maximum absolute atomic E-state index is 12.5. The van der Waals surface area contributed by atoms with Gasteiger partial charge in [0.25, 0.3) is 5.91 Å². The molecular formula is C20H29N3O5. The summed E-state index contributed by atoms with van der Waals surface area (Å²) < 4.78 is 5.11. The SMILES string of the molecule is COc1ccc(CCN2C(=O)NC(CCC(=O)NC(CO)C(C)C)C2=O)cc1. The number of methoxy groups -OCH3 is 1. The summed E-state index contributed by atoms with van der Waals surface area (Å²) in [5, 5.41) is 14.7. The van der Waals surface area contributed by atoms with Gasteiger partial charge >= 0.3 is 6.03 Å². The summed E-state index contributed by atoms with van der Waals surface area (Å²) in [6.07, 6.45) is 0.876. The molecule has 1 aromatic rings. The van der Waals surface area contributed by atoms with Crippen molar-refractivity contribution in [3.05, 3.63) is 29.8 Å². The number of aliphatic hydroxyl groups excluding tert-OH is 1. The van der Waals surface area contributed by atoms with Gasteiger partial charge < -0.3 is 20.5 Å². The third kappa shape index (κ3) is 5.69. The van der Waals surface area contributed by atoms with E-state index >= 15 is 0 Å². The number of urea groups is 1. The zero-order valence-electron chi connectivity index (χ0n) is 16.6. The van der Waals surface area contributed by atoms with E-state index in [1.807, 2.05) is 38.1 Å². The normalized spacial score (nSPS) is 17.6. The first-order valence-electron chi connectivity index (χ1n) is 9.50. The molecule has 0 bridgehead atoms. The molecule has 3 N–H and O–H groups in total. The van der Waals surface area contributed by atoms with E-state index in [9.17, 15) is 19.5 Å². The Bertz CT molecular complexity index is 690. The van der Waals surface area contributed by atoms with Crippen LogP contribution < -0.4 is 15.4 Å². The molecule has 8 nitrogen and oxygen atoms in total. The highest BCUT2D eigenvalue weighted by Gasteiger charge is 2.37. The Morgan fingerprint density at radius 2 is 1.96 bits per heavy atom. The van der Waals surface area contributed by atoms with Crippen LogP contribution in [0, 0.1) is 5.92 Å². The second kappa shape index (κ2) is 10.1. The van der Waals surface area contributed by atoms with E-state index < -0.39 is 12.1 Å². The highest BCUT2D eigenvalue weighted by molar-refractivity contribution is 6.04. The molecule has 1 saturated heterocycles. The van der Waals surface area contributed by atoms with Gasteiger partial charge in [0.05, 0.1) is 19.8 Å². The maximum Gasteiger partial charge on any atom is 0.324 e. The van der Waals surface area contributed by atoms with Gasteiger partial charge in [-0.3, -0.25) is 14.5 Å². The Kier molecular flexibility index (Phi) is 7.80. The molecule has 28 heavy (non-hydrogen) atoms. The number of amides is 4. The maximum atomic E-state index is 12.5. The summed E-state index contributed by atoms with van der Waals surface area (Å²) in [4.78, 5) is 37.8. The van der Waals surface area contributed by atoms with Crippen LogP contribution in [-0.2, 0) is 16.0 Å². The fourth-order valence-electron chi connectivity index (χ4n) is 2.99. The Balaban J connectivity index is 1.82. The molecule has 0 radical (unpaired) electrons. The standard InChI is InChI=1S/C20H29N3O5/c1-13(2)17(12-24)21-18(25)9-8-16-19(26)23(20(27)22-16)11-10-14-4-6-15(28-3)7-5-14/h4-7,13,16-17,24H,8-12H2,1-3H3,(H,21,25)(H,22,27). The molecule has 1 heterocycles. The fourth-order valence-corrected chi connectivity index (χ4v) is 2.99. The lowest BCUT2D eigenvalue weighted by molar-refractivity contribution is -0.127. The number of aliphatic hydroxyl groups is 1. The second-order valence-corrected chi connectivity index (χ2v) is 7.23. The van der Waals surface area contributed by atoms with Crippen molar-refractivity contribution in [2.24, 2.45) is 5.92 Å². The molecule has 8 heteroatoms. The first-order valence-corrected chi connectivity index (χ1v) is 9.50. The fraction of sp³-hybridized carbons (Fsp3) is 0.550. The number of hydrogen-bond acceptors (Lipinski definition) is 5. The molecule has 0 saturated carbocycles. The molecule has 2 unspecified atom stereocenters. The molecule has 2 rings (SSSR count). The summed E-state index contributed by atoms with van der Waals surface area (Å²) in [5.41, 5.74) is 0.993. The highest BCUT2D eigenvalue weighted by Crippen LogP contribution is 2.15. The van der Waals surface area contributed by atoms with Crippen LogP contribution in [0.3, 0.4) is 0 Å². The van der Waals surface area contributed by atoms with Gasteiger partial charge in [0.15, 0.2) is 0 Å².